The summed E-state index contributed by atoms with van der Waals surface area (Å²) in [6.45, 7) is 0. The Hall–Kier alpha value is -2.80. The van der Waals surface area contributed by atoms with E-state index in [1.807, 2.05) is 0 Å². The van der Waals surface area contributed by atoms with Gasteiger partial charge in [-0.05, 0) is 0 Å². The van der Waals surface area contributed by atoms with Crippen LogP contribution in [0.25, 0.3) is 0 Å². The van der Waals surface area contributed by atoms with Crippen LogP contribution in [0.2, 0.25) is 0 Å². The second-order valence-corrected chi connectivity index (χ2v) is 5.24. The number of halogens is 12. The molecule has 0 unspecified atom stereocenters. The SMILES string of the molecule is Nc1c(F)c(F)c(C(F)(F)C(F)(F)c2c(F)c(F)c(N)c(F)c2F)c(F)c1F. The zero-order valence-corrected chi connectivity index (χ0v) is 12.7. The molecule has 0 fully saturated rings. The van der Waals surface area contributed by atoms with Crippen LogP contribution in [0.1, 0.15) is 11.1 Å². The van der Waals surface area contributed by atoms with Gasteiger partial charge in [-0.1, -0.05) is 0 Å². The third-order valence-corrected chi connectivity index (χ3v) is 3.62. The molecule has 2 rings (SSSR count). The van der Waals surface area contributed by atoms with E-state index in [4.69, 9.17) is 0 Å². The van der Waals surface area contributed by atoms with Gasteiger partial charge >= 0.3 is 11.8 Å². The van der Waals surface area contributed by atoms with Crippen LogP contribution in [-0.4, -0.2) is 0 Å². The molecule has 14 heteroatoms. The molecule has 0 aromatic heterocycles. The lowest BCUT2D eigenvalue weighted by Gasteiger charge is -2.29. The van der Waals surface area contributed by atoms with Crippen molar-refractivity contribution in [1.29, 1.82) is 0 Å². The van der Waals surface area contributed by atoms with E-state index >= 15 is 0 Å². The Morgan fingerprint density at radius 3 is 0.750 bits per heavy atom. The van der Waals surface area contributed by atoms with Gasteiger partial charge in [0, 0.05) is 0 Å². The third-order valence-electron chi connectivity index (χ3n) is 3.62. The maximum Gasteiger partial charge on any atom is 0.345 e. The van der Waals surface area contributed by atoms with Crippen molar-refractivity contribution in [1.82, 2.24) is 0 Å². The number of anilines is 2. The van der Waals surface area contributed by atoms with E-state index in [0.717, 1.165) is 0 Å². The summed E-state index contributed by atoms with van der Waals surface area (Å²) in [7, 11) is 0. The van der Waals surface area contributed by atoms with Crippen LogP contribution in [0.4, 0.5) is 64.1 Å². The van der Waals surface area contributed by atoms with E-state index in [1.54, 1.807) is 0 Å². The molecule has 0 bridgehead atoms. The monoisotopic (exact) mass is 428 g/mol. The number of hydrogen-bond donors (Lipinski definition) is 2. The molecule has 0 saturated heterocycles. The molecule has 0 spiro atoms. The van der Waals surface area contributed by atoms with Crippen molar-refractivity contribution >= 4 is 11.4 Å². The maximum atomic E-state index is 14.1. The molecule has 28 heavy (non-hydrogen) atoms. The Balaban J connectivity index is 2.92. The van der Waals surface area contributed by atoms with Crippen LogP contribution in [0.15, 0.2) is 0 Å². The topological polar surface area (TPSA) is 52.0 Å². The summed E-state index contributed by atoms with van der Waals surface area (Å²) >= 11 is 0. The van der Waals surface area contributed by atoms with Gasteiger partial charge in [0.2, 0.25) is 0 Å². The summed E-state index contributed by atoms with van der Waals surface area (Å²) in [5.74, 6) is -36.3. The molecule has 0 radical (unpaired) electrons. The van der Waals surface area contributed by atoms with Gasteiger partial charge in [0.25, 0.3) is 0 Å². The second-order valence-electron chi connectivity index (χ2n) is 5.24. The molecule has 2 nitrogen and oxygen atoms in total. The Bertz CT molecular complexity index is 848. The largest absolute Gasteiger partial charge is 0.394 e. The van der Waals surface area contributed by atoms with Crippen LogP contribution >= 0.6 is 0 Å². The first-order valence-corrected chi connectivity index (χ1v) is 6.60. The Morgan fingerprint density at radius 1 is 0.393 bits per heavy atom. The van der Waals surface area contributed by atoms with Crippen molar-refractivity contribution in [3.05, 3.63) is 57.7 Å². The van der Waals surface area contributed by atoms with Crippen molar-refractivity contribution < 1.29 is 52.7 Å². The van der Waals surface area contributed by atoms with Gasteiger partial charge in [-0.3, -0.25) is 0 Å². The van der Waals surface area contributed by atoms with Crippen molar-refractivity contribution in [2.24, 2.45) is 0 Å². The zero-order valence-electron chi connectivity index (χ0n) is 12.7. The van der Waals surface area contributed by atoms with E-state index in [1.165, 1.54) is 0 Å². The summed E-state index contributed by atoms with van der Waals surface area (Å²) in [6.07, 6.45) is 0. The summed E-state index contributed by atoms with van der Waals surface area (Å²) in [4.78, 5) is 0. The average Bonchev–Trinajstić information content (AvgIpc) is 2.61. The minimum absolute atomic E-state index is 2.00. The zero-order chi connectivity index (χ0) is 21.9. The van der Waals surface area contributed by atoms with Gasteiger partial charge in [0.1, 0.15) is 22.5 Å². The molecule has 0 aliphatic rings. The quantitative estimate of drug-likeness (QED) is 0.418. The normalized spacial score (nSPS) is 12.6. The van der Waals surface area contributed by atoms with E-state index < -0.39 is 80.9 Å². The van der Waals surface area contributed by atoms with Crippen molar-refractivity contribution in [3.8, 4) is 0 Å². The average molecular weight is 428 g/mol. The van der Waals surface area contributed by atoms with Gasteiger partial charge in [0.15, 0.2) is 46.5 Å². The molecule has 0 heterocycles. The summed E-state index contributed by atoms with van der Waals surface area (Å²) in [5.41, 5.74) is -1.59. The minimum atomic E-state index is -6.47. The van der Waals surface area contributed by atoms with Crippen LogP contribution in [0, 0.1) is 46.5 Å². The fourth-order valence-electron chi connectivity index (χ4n) is 2.16. The molecule has 0 atom stereocenters. The molecule has 0 aliphatic heterocycles. The fourth-order valence-corrected chi connectivity index (χ4v) is 2.16. The lowest BCUT2D eigenvalue weighted by molar-refractivity contribution is -0.230. The summed E-state index contributed by atoms with van der Waals surface area (Å²) < 4.78 is 164. The van der Waals surface area contributed by atoms with Crippen LogP contribution in [-0.2, 0) is 11.8 Å². The van der Waals surface area contributed by atoms with Crippen molar-refractivity contribution in [2.75, 3.05) is 11.5 Å². The van der Waals surface area contributed by atoms with Gasteiger partial charge in [0.05, 0.1) is 0 Å². The first kappa shape index (κ1) is 21.5. The molecular formula is C14H4F12N2. The molecular weight excluding hydrogens is 424 g/mol. The molecule has 0 saturated carbocycles. The number of nitrogens with two attached hydrogens (primary N) is 2. The Morgan fingerprint density at radius 2 is 0.571 bits per heavy atom. The molecule has 2 aromatic carbocycles. The molecule has 0 amide bonds. The molecule has 2 aromatic rings. The molecule has 0 aliphatic carbocycles. The second kappa shape index (κ2) is 6.38. The first-order chi connectivity index (χ1) is 12.6. The maximum absolute atomic E-state index is 14.1. The highest BCUT2D eigenvalue weighted by Crippen LogP contribution is 2.53. The smallest absolute Gasteiger partial charge is 0.345 e. The van der Waals surface area contributed by atoms with Crippen molar-refractivity contribution in [3.63, 3.8) is 0 Å². The Labute approximate surface area is 146 Å². The third kappa shape index (κ3) is 2.61. The summed E-state index contributed by atoms with van der Waals surface area (Å²) in [6, 6.07) is 0. The van der Waals surface area contributed by atoms with E-state index in [9.17, 15) is 52.7 Å². The van der Waals surface area contributed by atoms with Crippen LogP contribution in [0.3, 0.4) is 0 Å². The Kier molecular flexibility index (Phi) is 4.90. The number of alkyl halides is 4. The van der Waals surface area contributed by atoms with E-state index in [2.05, 4.69) is 11.5 Å². The van der Waals surface area contributed by atoms with Crippen molar-refractivity contribution in [2.45, 2.75) is 11.8 Å². The van der Waals surface area contributed by atoms with Gasteiger partial charge in [-0.15, -0.1) is 0 Å². The van der Waals surface area contributed by atoms with E-state index in [-0.39, 0.29) is 0 Å². The summed E-state index contributed by atoms with van der Waals surface area (Å²) in [5, 5.41) is 0. The lowest BCUT2D eigenvalue weighted by atomic mass is 9.93. The molecule has 4 N–H and O–H groups in total. The fraction of sp³-hybridized carbons (Fsp3) is 0.143. The number of rotatable bonds is 3. The van der Waals surface area contributed by atoms with E-state index in [0.29, 0.717) is 0 Å². The van der Waals surface area contributed by atoms with Gasteiger partial charge < -0.3 is 11.5 Å². The number of nitrogen functional groups attached to an aromatic ring is 2. The highest BCUT2D eigenvalue weighted by molar-refractivity contribution is 5.49. The minimum Gasteiger partial charge on any atom is -0.394 e. The predicted molar refractivity (Wildman–Crippen MR) is 69.2 cm³/mol. The lowest BCUT2D eigenvalue weighted by Crippen LogP contribution is -2.40. The van der Waals surface area contributed by atoms with Crippen LogP contribution < -0.4 is 11.5 Å². The highest BCUT2D eigenvalue weighted by Gasteiger charge is 2.64. The predicted octanol–water partition coefficient (Wildman–Crippen LogP) is 4.85. The van der Waals surface area contributed by atoms with Gasteiger partial charge in [-0.2, -0.15) is 17.6 Å². The van der Waals surface area contributed by atoms with Gasteiger partial charge in [-0.25, -0.2) is 35.1 Å². The standard InChI is InChI=1S/C14H4F12N2/c15-3-1(4(16)8(20)11(27)7(3)19)13(23,24)14(25,26)2-5(17)9(21)12(28)10(22)6(2)18/h27-28H2. The van der Waals surface area contributed by atoms with Crippen LogP contribution in [0.5, 0.6) is 0 Å². The molecule has 154 valence electrons. The number of hydrogen-bond acceptors (Lipinski definition) is 2. The highest BCUT2D eigenvalue weighted by atomic mass is 19.3. The number of benzene rings is 2. The first-order valence-electron chi connectivity index (χ1n) is 6.60.